The van der Waals surface area contributed by atoms with Gasteiger partial charge in [0.2, 0.25) is 0 Å². The highest BCUT2D eigenvalue weighted by molar-refractivity contribution is 8.26. The SMILES string of the molecule is CC(C)CN1C(=O)/C(=C/c2ccc(-c3ccc(Cl)c(Cl)c3)o2)SC1=S. The van der Waals surface area contributed by atoms with E-state index in [1.807, 2.05) is 18.2 Å². The molecule has 7 heteroatoms. The molecule has 1 aromatic carbocycles. The van der Waals surface area contributed by atoms with E-state index >= 15 is 0 Å². The molecule has 0 bridgehead atoms. The summed E-state index contributed by atoms with van der Waals surface area (Å²) in [5.41, 5.74) is 0.821. The average molecular weight is 412 g/mol. The third kappa shape index (κ3) is 4.11. The van der Waals surface area contributed by atoms with Crippen LogP contribution in [0.5, 0.6) is 0 Å². The molecule has 0 N–H and O–H groups in total. The molecule has 1 aromatic heterocycles. The Morgan fingerprint density at radius 3 is 2.68 bits per heavy atom. The number of amides is 1. The quantitative estimate of drug-likeness (QED) is 0.448. The summed E-state index contributed by atoms with van der Waals surface area (Å²) in [6, 6.07) is 8.94. The smallest absolute Gasteiger partial charge is 0.266 e. The van der Waals surface area contributed by atoms with E-state index < -0.39 is 0 Å². The number of hydrogen-bond acceptors (Lipinski definition) is 4. The lowest BCUT2D eigenvalue weighted by molar-refractivity contribution is -0.122. The Hall–Kier alpha value is -1.27. The average Bonchev–Trinajstić information content (AvgIpc) is 3.11. The minimum absolute atomic E-state index is 0.0730. The molecule has 0 spiro atoms. The van der Waals surface area contributed by atoms with Crippen LogP contribution in [-0.2, 0) is 4.79 Å². The van der Waals surface area contributed by atoms with E-state index in [1.54, 1.807) is 23.1 Å². The molecule has 1 aliphatic rings. The minimum Gasteiger partial charge on any atom is -0.457 e. The van der Waals surface area contributed by atoms with E-state index in [0.29, 0.717) is 43.3 Å². The van der Waals surface area contributed by atoms with E-state index in [9.17, 15) is 4.79 Å². The predicted molar refractivity (Wildman–Crippen MR) is 109 cm³/mol. The number of benzene rings is 1. The van der Waals surface area contributed by atoms with Gasteiger partial charge in [-0.25, -0.2) is 0 Å². The van der Waals surface area contributed by atoms with Crippen molar-refractivity contribution in [3.8, 4) is 11.3 Å². The standard InChI is InChI=1S/C18H15Cl2NO2S2/c1-10(2)9-21-17(22)16(25-18(21)24)8-12-4-6-15(23-12)11-3-5-13(19)14(20)7-11/h3-8,10H,9H2,1-2H3/b16-8-. The Morgan fingerprint density at radius 1 is 1.24 bits per heavy atom. The Balaban J connectivity index is 1.83. The Morgan fingerprint density at radius 2 is 2.00 bits per heavy atom. The third-order valence-electron chi connectivity index (χ3n) is 3.53. The van der Waals surface area contributed by atoms with Gasteiger partial charge in [-0.3, -0.25) is 9.69 Å². The van der Waals surface area contributed by atoms with Crippen LogP contribution in [0.4, 0.5) is 0 Å². The van der Waals surface area contributed by atoms with Crippen LogP contribution in [0.25, 0.3) is 17.4 Å². The van der Waals surface area contributed by atoms with Crippen molar-refractivity contribution in [2.75, 3.05) is 6.54 Å². The van der Waals surface area contributed by atoms with Crippen molar-refractivity contribution in [1.82, 2.24) is 4.90 Å². The first kappa shape index (κ1) is 18.5. The second kappa shape index (κ2) is 7.54. The van der Waals surface area contributed by atoms with E-state index in [1.165, 1.54) is 11.8 Å². The van der Waals surface area contributed by atoms with Gasteiger partial charge in [-0.05, 0) is 36.2 Å². The van der Waals surface area contributed by atoms with Crippen LogP contribution in [-0.4, -0.2) is 21.7 Å². The van der Waals surface area contributed by atoms with Gasteiger partial charge in [0, 0.05) is 18.2 Å². The van der Waals surface area contributed by atoms with Gasteiger partial charge >= 0.3 is 0 Å². The zero-order chi connectivity index (χ0) is 18.1. The van der Waals surface area contributed by atoms with Crippen LogP contribution < -0.4 is 0 Å². The summed E-state index contributed by atoms with van der Waals surface area (Å²) < 4.78 is 6.41. The summed E-state index contributed by atoms with van der Waals surface area (Å²) >= 11 is 18.6. The van der Waals surface area contributed by atoms with Crippen LogP contribution >= 0.6 is 47.2 Å². The van der Waals surface area contributed by atoms with Gasteiger partial charge in [0.15, 0.2) is 0 Å². The number of furan rings is 1. The molecule has 25 heavy (non-hydrogen) atoms. The molecule has 0 aliphatic carbocycles. The molecule has 1 saturated heterocycles. The normalized spacial score (nSPS) is 16.5. The fourth-order valence-corrected chi connectivity index (χ4v) is 3.94. The van der Waals surface area contributed by atoms with Gasteiger partial charge in [-0.2, -0.15) is 0 Å². The first-order chi connectivity index (χ1) is 11.8. The number of carbonyl (C=O) groups is 1. The maximum absolute atomic E-state index is 12.5. The lowest BCUT2D eigenvalue weighted by Gasteiger charge is -2.16. The first-order valence-corrected chi connectivity index (χ1v) is 9.64. The van der Waals surface area contributed by atoms with Crippen molar-refractivity contribution in [3.05, 3.63) is 51.0 Å². The zero-order valence-corrected chi connectivity index (χ0v) is 16.7. The summed E-state index contributed by atoms with van der Waals surface area (Å²) in [4.78, 5) is 14.7. The maximum Gasteiger partial charge on any atom is 0.266 e. The number of rotatable bonds is 4. The fraction of sp³-hybridized carbons (Fsp3) is 0.222. The van der Waals surface area contributed by atoms with Gasteiger partial charge in [0.05, 0.1) is 15.0 Å². The molecule has 0 atom stereocenters. The Bertz CT molecular complexity index is 874. The molecule has 1 amide bonds. The summed E-state index contributed by atoms with van der Waals surface area (Å²) in [7, 11) is 0. The lowest BCUT2D eigenvalue weighted by Crippen LogP contribution is -2.31. The van der Waals surface area contributed by atoms with Crippen molar-refractivity contribution in [2.45, 2.75) is 13.8 Å². The predicted octanol–water partition coefficient (Wildman–Crippen LogP) is 6.11. The van der Waals surface area contributed by atoms with Crippen LogP contribution in [0.2, 0.25) is 10.0 Å². The largest absolute Gasteiger partial charge is 0.457 e. The summed E-state index contributed by atoms with van der Waals surface area (Å²) in [6.07, 6.45) is 1.72. The number of carbonyl (C=O) groups excluding carboxylic acids is 1. The van der Waals surface area contributed by atoms with Gasteiger partial charge < -0.3 is 4.42 Å². The van der Waals surface area contributed by atoms with Crippen molar-refractivity contribution in [3.63, 3.8) is 0 Å². The van der Waals surface area contributed by atoms with Gasteiger partial charge in [-0.1, -0.05) is 61.0 Å². The molecule has 0 saturated carbocycles. The van der Waals surface area contributed by atoms with Crippen molar-refractivity contribution in [2.24, 2.45) is 5.92 Å². The van der Waals surface area contributed by atoms with Crippen LogP contribution in [0.15, 0.2) is 39.7 Å². The number of hydrogen-bond donors (Lipinski definition) is 0. The molecule has 2 aromatic rings. The molecule has 3 nitrogen and oxygen atoms in total. The van der Waals surface area contributed by atoms with E-state index in [4.69, 9.17) is 39.8 Å². The van der Waals surface area contributed by atoms with E-state index in [0.717, 1.165) is 5.56 Å². The van der Waals surface area contributed by atoms with E-state index in [-0.39, 0.29) is 5.91 Å². The van der Waals surface area contributed by atoms with Crippen molar-refractivity contribution >= 4 is 63.5 Å². The molecule has 3 rings (SSSR count). The molecule has 1 aliphatic heterocycles. The Labute approximate surface area is 166 Å². The van der Waals surface area contributed by atoms with Crippen molar-refractivity contribution < 1.29 is 9.21 Å². The fourth-order valence-electron chi connectivity index (χ4n) is 2.39. The zero-order valence-electron chi connectivity index (χ0n) is 13.6. The van der Waals surface area contributed by atoms with Gasteiger partial charge in [-0.15, -0.1) is 0 Å². The second-order valence-electron chi connectivity index (χ2n) is 6.02. The maximum atomic E-state index is 12.5. The summed E-state index contributed by atoms with van der Waals surface area (Å²) in [5, 5.41) is 0.956. The molecular weight excluding hydrogens is 397 g/mol. The van der Waals surface area contributed by atoms with Crippen LogP contribution in [0.1, 0.15) is 19.6 Å². The first-order valence-electron chi connectivity index (χ1n) is 7.66. The monoisotopic (exact) mass is 411 g/mol. The molecule has 0 unspecified atom stereocenters. The molecule has 130 valence electrons. The number of thioether (sulfide) groups is 1. The highest BCUT2D eigenvalue weighted by atomic mass is 35.5. The second-order valence-corrected chi connectivity index (χ2v) is 8.51. The Kier molecular flexibility index (Phi) is 5.58. The molecular formula is C18H15Cl2NO2S2. The van der Waals surface area contributed by atoms with Gasteiger partial charge in [0.1, 0.15) is 15.8 Å². The highest BCUT2D eigenvalue weighted by Gasteiger charge is 2.32. The lowest BCUT2D eigenvalue weighted by atomic mass is 10.2. The van der Waals surface area contributed by atoms with E-state index in [2.05, 4.69) is 13.8 Å². The molecule has 0 radical (unpaired) electrons. The molecule has 2 heterocycles. The minimum atomic E-state index is -0.0730. The van der Waals surface area contributed by atoms with Crippen LogP contribution in [0, 0.1) is 5.92 Å². The van der Waals surface area contributed by atoms with Crippen molar-refractivity contribution in [1.29, 1.82) is 0 Å². The highest BCUT2D eigenvalue weighted by Crippen LogP contribution is 2.34. The molecule has 1 fully saturated rings. The number of halogens is 2. The third-order valence-corrected chi connectivity index (χ3v) is 5.64. The number of nitrogens with zero attached hydrogens (tertiary/aromatic N) is 1. The van der Waals surface area contributed by atoms with Gasteiger partial charge in [0.25, 0.3) is 5.91 Å². The topological polar surface area (TPSA) is 33.5 Å². The number of thiocarbonyl (C=S) groups is 1. The summed E-state index contributed by atoms with van der Waals surface area (Å²) in [5.74, 6) is 1.52. The van der Waals surface area contributed by atoms with Crippen LogP contribution in [0.3, 0.4) is 0 Å². The summed E-state index contributed by atoms with van der Waals surface area (Å²) in [6.45, 7) is 4.73.